The van der Waals surface area contributed by atoms with Crippen LogP contribution in [0.3, 0.4) is 0 Å². The van der Waals surface area contributed by atoms with Gasteiger partial charge in [0.2, 0.25) is 0 Å². The molecule has 0 spiro atoms. The zero-order chi connectivity index (χ0) is 11.4. The highest BCUT2D eigenvalue weighted by atomic mass is 79.9. The van der Waals surface area contributed by atoms with Crippen molar-refractivity contribution in [3.63, 3.8) is 0 Å². The summed E-state index contributed by atoms with van der Waals surface area (Å²) in [6.45, 7) is 0. The van der Waals surface area contributed by atoms with Gasteiger partial charge in [0.05, 0.1) is 0 Å². The van der Waals surface area contributed by atoms with Crippen molar-refractivity contribution in [1.82, 2.24) is 0 Å². The van der Waals surface area contributed by atoms with Crippen LogP contribution in [0.5, 0.6) is 0 Å². The highest BCUT2D eigenvalue weighted by Crippen LogP contribution is 2.14. The quantitative estimate of drug-likeness (QED) is 0.590. The van der Waals surface area contributed by atoms with Crippen LogP contribution in [0.2, 0.25) is 0 Å². The van der Waals surface area contributed by atoms with E-state index in [2.05, 4.69) is 65.0 Å². The molecule has 0 aliphatic carbocycles. The third kappa shape index (κ3) is 3.26. The molecule has 0 saturated heterocycles. The number of benzene rings is 2. The summed E-state index contributed by atoms with van der Waals surface area (Å²) in [5.74, 6) is 0. The van der Waals surface area contributed by atoms with Crippen LogP contribution >= 0.6 is 28.6 Å². The van der Waals surface area contributed by atoms with Gasteiger partial charge >= 0.3 is 0 Å². The minimum atomic E-state index is 0.987. The first kappa shape index (κ1) is 11.5. The molecule has 0 amide bonds. The number of hydrogen-bond donors (Lipinski definition) is 1. The van der Waals surface area contributed by atoms with E-state index in [-0.39, 0.29) is 0 Å². The Morgan fingerprint density at radius 1 is 0.750 bits per heavy atom. The Bertz CT molecular complexity index is 436. The van der Waals surface area contributed by atoms with Crippen molar-refractivity contribution in [1.29, 1.82) is 0 Å². The van der Waals surface area contributed by atoms with Crippen LogP contribution in [0, 0.1) is 0 Å². The molecule has 0 unspecified atom stereocenters. The first-order chi connectivity index (χ1) is 7.74. The van der Waals surface area contributed by atoms with Gasteiger partial charge in [-0.3, -0.25) is 0 Å². The largest absolute Gasteiger partial charge is 0.143 e. The van der Waals surface area contributed by atoms with Crippen LogP contribution in [-0.2, 0) is 0 Å². The molecule has 2 aromatic carbocycles. The first-order valence-electron chi connectivity index (χ1n) is 4.97. The van der Waals surface area contributed by atoms with E-state index in [0.717, 1.165) is 9.37 Å². The minimum Gasteiger partial charge on any atom is -0.143 e. The Hall–Kier alpha value is -0.990. The maximum atomic E-state index is 4.25. The Morgan fingerprint density at radius 2 is 1.19 bits per heavy atom. The third-order valence-corrected chi connectivity index (χ3v) is 3.06. The van der Waals surface area contributed by atoms with Crippen molar-refractivity contribution in [2.24, 2.45) is 0 Å². The number of thiol groups is 1. The topological polar surface area (TPSA) is 0 Å². The van der Waals surface area contributed by atoms with Gasteiger partial charge in [0.15, 0.2) is 0 Å². The van der Waals surface area contributed by atoms with Crippen LogP contribution in [0.25, 0.3) is 12.2 Å². The average Bonchev–Trinajstić information content (AvgIpc) is 2.30. The Labute approximate surface area is 110 Å². The van der Waals surface area contributed by atoms with E-state index in [9.17, 15) is 0 Å². The maximum Gasteiger partial charge on any atom is 0.0175 e. The van der Waals surface area contributed by atoms with E-state index in [4.69, 9.17) is 0 Å². The molecule has 0 radical (unpaired) electrons. The molecular formula is C14H11BrS. The fourth-order valence-electron chi connectivity index (χ4n) is 1.35. The van der Waals surface area contributed by atoms with E-state index in [0.29, 0.717) is 0 Å². The smallest absolute Gasteiger partial charge is 0.0175 e. The maximum absolute atomic E-state index is 4.25. The van der Waals surface area contributed by atoms with Gasteiger partial charge in [-0.1, -0.05) is 52.3 Å². The number of rotatable bonds is 2. The summed E-state index contributed by atoms with van der Waals surface area (Å²) in [4.78, 5) is 0.987. The second-order valence-electron chi connectivity index (χ2n) is 3.48. The van der Waals surface area contributed by atoms with Gasteiger partial charge in [0.25, 0.3) is 0 Å². The second kappa shape index (κ2) is 5.37. The summed E-state index contributed by atoms with van der Waals surface area (Å²) in [6.07, 6.45) is 4.19. The molecule has 0 aromatic heterocycles. The fourth-order valence-corrected chi connectivity index (χ4v) is 1.77. The number of halogens is 1. The first-order valence-corrected chi connectivity index (χ1v) is 6.21. The molecule has 0 aliphatic rings. The zero-order valence-electron chi connectivity index (χ0n) is 8.60. The van der Waals surface area contributed by atoms with Crippen molar-refractivity contribution >= 4 is 40.7 Å². The van der Waals surface area contributed by atoms with Crippen molar-refractivity contribution in [3.05, 3.63) is 64.1 Å². The zero-order valence-corrected chi connectivity index (χ0v) is 11.1. The standard InChI is InChI=1S/C14H11BrS/c15-13-7-3-11(4-8-13)1-2-12-5-9-14(16)10-6-12/h1-10,16H. The summed E-state index contributed by atoms with van der Waals surface area (Å²) in [5, 5.41) is 0. The molecule has 0 N–H and O–H groups in total. The lowest BCUT2D eigenvalue weighted by molar-refractivity contribution is 1.46. The van der Waals surface area contributed by atoms with Crippen molar-refractivity contribution in [2.45, 2.75) is 4.90 Å². The molecule has 2 rings (SSSR count). The summed E-state index contributed by atoms with van der Waals surface area (Å²) in [6, 6.07) is 16.3. The van der Waals surface area contributed by atoms with Crippen molar-refractivity contribution in [3.8, 4) is 0 Å². The van der Waals surface area contributed by atoms with Crippen molar-refractivity contribution in [2.75, 3.05) is 0 Å². The summed E-state index contributed by atoms with van der Waals surface area (Å²) in [5.41, 5.74) is 2.37. The van der Waals surface area contributed by atoms with Gasteiger partial charge in [-0.25, -0.2) is 0 Å². The monoisotopic (exact) mass is 290 g/mol. The van der Waals surface area contributed by atoms with Crippen LogP contribution in [0.1, 0.15) is 11.1 Å². The molecule has 0 fully saturated rings. The SMILES string of the molecule is Sc1ccc(C=Cc2ccc(Br)cc2)cc1. The molecular weight excluding hydrogens is 280 g/mol. The molecule has 0 bridgehead atoms. The molecule has 16 heavy (non-hydrogen) atoms. The van der Waals surface area contributed by atoms with Gasteiger partial charge in [-0.15, -0.1) is 12.6 Å². The van der Waals surface area contributed by atoms with E-state index in [1.165, 1.54) is 11.1 Å². The molecule has 0 heterocycles. The van der Waals surface area contributed by atoms with Gasteiger partial charge in [-0.05, 0) is 35.4 Å². The molecule has 80 valence electrons. The lowest BCUT2D eigenvalue weighted by atomic mass is 10.1. The highest BCUT2D eigenvalue weighted by Gasteiger charge is 1.89. The number of hydrogen-bond acceptors (Lipinski definition) is 1. The summed E-state index contributed by atoms with van der Waals surface area (Å²) < 4.78 is 1.10. The van der Waals surface area contributed by atoms with Gasteiger partial charge < -0.3 is 0 Å². The molecule has 0 atom stereocenters. The van der Waals surface area contributed by atoms with Crippen molar-refractivity contribution < 1.29 is 0 Å². The lowest BCUT2D eigenvalue weighted by Crippen LogP contribution is -1.73. The molecule has 2 heteroatoms. The second-order valence-corrected chi connectivity index (χ2v) is 4.91. The van der Waals surface area contributed by atoms with E-state index in [1.54, 1.807) is 0 Å². The Morgan fingerprint density at radius 3 is 1.69 bits per heavy atom. The summed E-state index contributed by atoms with van der Waals surface area (Å²) in [7, 11) is 0. The van der Waals surface area contributed by atoms with E-state index in [1.807, 2.05) is 24.3 Å². The Kier molecular flexibility index (Phi) is 3.86. The van der Waals surface area contributed by atoms with Crippen LogP contribution in [0.4, 0.5) is 0 Å². The fraction of sp³-hybridized carbons (Fsp3) is 0. The predicted octanol–water partition coefficient (Wildman–Crippen LogP) is 4.91. The van der Waals surface area contributed by atoms with E-state index < -0.39 is 0 Å². The summed E-state index contributed by atoms with van der Waals surface area (Å²) >= 11 is 7.67. The molecule has 0 aliphatic heterocycles. The molecule has 0 nitrogen and oxygen atoms in total. The van der Waals surface area contributed by atoms with Crippen LogP contribution in [0.15, 0.2) is 57.9 Å². The lowest BCUT2D eigenvalue weighted by Gasteiger charge is -1.96. The van der Waals surface area contributed by atoms with Gasteiger partial charge in [0.1, 0.15) is 0 Å². The average molecular weight is 291 g/mol. The van der Waals surface area contributed by atoms with Gasteiger partial charge in [0, 0.05) is 9.37 Å². The van der Waals surface area contributed by atoms with Crippen LogP contribution in [-0.4, -0.2) is 0 Å². The normalized spacial score (nSPS) is 10.9. The molecule has 0 saturated carbocycles. The molecule has 2 aromatic rings. The minimum absolute atomic E-state index is 0.987. The predicted molar refractivity (Wildman–Crippen MR) is 76.8 cm³/mol. The highest BCUT2D eigenvalue weighted by molar-refractivity contribution is 9.10. The van der Waals surface area contributed by atoms with E-state index >= 15 is 0 Å². The van der Waals surface area contributed by atoms with Gasteiger partial charge in [-0.2, -0.15) is 0 Å². The Balaban J connectivity index is 2.15. The third-order valence-electron chi connectivity index (χ3n) is 2.23. The van der Waals surface area contributed by atoms with Crippen LogP contribution < -0.4 is 0 Å².